The van der Waals surface area contributed by atoms with Gasteiger partial charge in [-0.15, -0.1) is 11.8 Å². The average molecular weight is 417 g/mol. The smallest absolute Gasteiger partial charge is 0.143 e. The molecule has 3 nitrogen and oxygen atoms in total. The summed E-state index contributed by atoms with van der Waals surface area (Å²) < 4.78 is 14.7. The van der Waals surface area contributed by atoms with Crippen LogP contribution < -0.4 is 5.32 Å². The lowest BCUT2D eigenvalue weighted by molar-refractivity contribution is 0.602. The molecule has 2 aromatic rings. The number of halogens is 2. The van der Waals surface area contributed by atoms with E-state index in [1.807, 2.05) is 13.1 Å². The number of hydrogen-bond donors (Lipinski definition) is 1. The first-order valence-electron chi connectivity index (χ1n) is 6.76. The van der Waals surface area contributed by atoms with Gasteiger partial charge in [-0.2, -0.15) is 0 Å². The van der Waals surface area contributed by atoms with Crippen LogP contribution >= 0.6 is 34.4 Å². The van der Waals surface area contributed by atoms with Crippen LogP contribution in [0, 0.1) is 9.39 Å². The monoisotopic (exact) mass is 417 g/mol. The summed E-state index contributed by atoms with van der Waals surface area (Å²) in [5.74, 6) is 1.94. The van der Waals surface area contributed by atoms with Gasteiger partial charge in [-0.3, -0.25) is 0 Å². The lowest BCUT2D eigenvalue weighted by atomic mass is 10.2. The van der Waals surface area contributed by atoms with Gasteiger partial charge < -0.3 is 5.32 Å². The molecule has 6 heteroatoms. The van der Waals surface area contributed by atoms with Crippen LogP contribution in [-0.4, -0.2) is 17.0 Å². The third-order valence-electron chi connectivity index (χ3n) is 2.88. The van der Waals surface area contributed by atoms with Crippen LogP contribution in [0.15, 0.2) is 29.2 Å². The average Bonchev–Trinajstić information content (AvgIpc) is 2.49. The van der Waals surface area contributed by atoms with E-state index < -0.39 is 0 Å². The SMILES string of the molecule is CCCc1nc(CSc2ccccc2F)nc(NC)c1I. The minimum atomic E-state index is -0.198. The molecule has 0 aliphatic carbocycles. The summed E-state index contributed by atoms with van der Waals surface area (Å²) in [7, 11) is 1.86. The zero-order chi connectivity index (χ0) is 15.2. The Bertz CT molecular complexity index is 622. The Morgan fingerprint density at radius 1 is 1.29 bits per heavy atom. The van der Waals surface area contributed by atoms with E-state index in [2.05, 4.69) is 44.8 Å². The zero-order valence-corrected chi connectivity index (χ0v) is 15.0. The second kappa shape index (κ2) is 7.93. The molecular formula is C15H17FIN3S. The molecule has 1 aromatic carbocycles. The maximum atomic E-state index is 13.6. The predicted molar refractivity (Wildman–Crippen MR) is 94.3 cm³/mol. The first-order chi connectivity index (χ1) is 10.2. The van der Waals surface area contributed by atoms with Crippen molar-refractivity contribution in [3.05, 3.63) is 45.2 Å². The topological polar surface area (TPSA) is 37.8 Å². The summed E-state index contributed by atoms with van der Waals surface area (Å²) in [6.45, 7) is 2.13. The Kier molecular flexibility index (Phi) is 6.22. The van der Waals surface area contributed by atoms with Gasteiger partial charge >= 0.3 is 0 Å². The summed E-state index contributed by atoms with van der Waals surface area (Å²) in [6.07, 6.45) is 1.96. The Labute approximate surface area is 142 Å². The molecule has 1 N–H and O–H groups in total. The van der Waals surface area contributed by atoms with Gasteiger partial charge in [0.2, 0.25) is 0 Å². The highest BCUT2D eigenvalue weighted by Crippen LogP contribution is 2.26. The minimum Gasteiger partial charge on any atom is -0.372 e. The number of anilines is 1. The molecule has 112 valence electrons. The fraction of sp³-hybridized carbons (Fsp3) is 0.333. The number of thioether (sulfide) groups is 1. The molecule has 0 spiro atoms. The third-order valence-corrected chi connectivity index (χ3v) is 5.06. The second-order valence-electron chi connectivity index (χ2n) is 4.47. The fourth-order valence-corrected chi connectivity index (χ4v) is 3.46. The minimum absolute atomic E-state index is 0.198. The molecule has 2 rings (SSSR count). The molecule has 1 aromatic heterocycles. The molecule has 0 radical (unpaired) electrons. The van der Waals surface area contributed by atoms with Crippen molar-refractivity contribution in [2.45, 2.75) is 30.4 Å². The van der Waals surface area contributed by atoms with Crippen LogP contribution in [0.2, 0.25) is 0 Å². The second-order valence-corrected chi connectivity index (χ2v) is 6.56. The van der Waals surface area contributed by atoms with Crippen LogP contribution in [0.1, 0.15) is 24.9 Å². The summed E-state index contributed by atoms with van der Waals surface area (Å²) in [5.41, 5.74) is 1.06. The number of benzene rings is 1. The van der Waals surface area contributed by atoms with Crippen molar-refractivity contribution in [3.8, 4) is 0 Å². The van der Waals surface area contributed by atoms with E-state index in [-0.39, 0.29) is 5.82 Å². The molecule has 0 fully saturated rings. The van der Waals surface area contributed by atoms with Gasteiger partial charge in [-0.05, 0) is 41.1 Å². The zero-order valence-electron chi connectivity index (χ0n) is 12.0. The van der Waals surface area contributed by atoms with Crippen molar-refractivity contribution >= 4 is 40.2 Å². The summed E-state index contributed by atoms with van der Waals surface area (Å²) in [4.78, 5) is 9.75. The molecule has 0 atom stereocenters. The Balaban J connectivity index is 2.20. The maximum Gasteiger partial charge on any atom is 0.143 e. The molecule has 0 amide bonds. The summed E-state index contributed by atoms with van der Waals surface area (Å²) in [5, 5.41) is 3.10. The van der Waals surface area contributed by atoms with Crippen molar-refractivity contribution in [1.29, 1.82) is 0 Å². The Morgan fingerprint density at radius 2 is 2.05 bits per heavy atom. The van der Waals surface area contributed by atoms with E-state index in [4.69, 9.17) is 0 Å². The molecule has 1 heterocycles. The van der Waals surface area contributed by atoms with Gasteiger partial charge in [0.25, 0.3) is 0 Å². The third kappa shape index (κ3) is 4.29. The number of aryl methyl sites for hydroxylation is 1. The fourth-order valence-electron chi connectivity index (χ4n) is 1.88. The highest BCUT2D eigenvalue weighted by Gasteiger charge is 2.11. The first kappa shape index (κ1) is 16.5. The van der Waals surface area contributed by atoms with E-state index >= 15 is 0 Å². The van der Waals surface area contributed by atoms with E-state index in [1.54, 1.807) is 12.1 Å². The standard InChI is InChI=1S/C15H17FIN3S/c1-3-6-11-14(17)15(18-2)20-13(19-11)9-21-12-8-5-4-7-10(12)16/h4-5,7-8H,3,6,9H2,1-2H3,(H,18,19,20). The van der Waals surface area contributed by atoms with Crippen LogP contribution in [-0.2, 0) is 12.2 Å². The molecule has 21 heavy (non-hydrogen) atoms. The van der Waals surface area contributed by atoms with Crippen LogP contribution in [0.25, 0.3) is 0 Å². The lowest BCUT2D eigenvalue weighted by Crippen LogP contribution is -2.07. The number of rotatable bonds is 6. The van der Waals surface area contributed by atoms with Crippen molar-refractivity contribution in [2.75, 3.05) is 12.4 Å². The maximum absolute atomic E-state index is 13.6. The largest absolute Gasteiger partial charge is 0.372 e. The molecule has 0 saturated carbocycles. The Morgan fingerprint density at radius 3 is 2.71 bits per heavy atom. The van der Waals surface area contributed by atoms with E-state index in [0.717, 1.165) is 33.7 Å². The van der Waals surface area contributed by atoms with E-state index in [9.17, 15) is 4.39 Å². The van der Waals surface area contributed by atoms with Crippen LogP contribution in [0.3, 0.4) is 0 Å². The molecule has 0 unspecified atom stereocenters. The van der Waals surface area contributed by atoms with Crippen LogP contribution in [0.4, 0.5) is 10.2 Å². The van der Waals surface area contributed by atoms with Gasteiger partial charge in [0, 0.05) is 11.9 Å². The normalized spacial score (nSPS) is 10.7. The Hall–Kier alpha value is -0.890. The summed E-state index contributed by atoms with van der Waals surface area (Å²) >= 11 is 3.69. The number of nitrogens with zero attached hydrogens (tertiary/aromatic N) is 2. The van der Waals surface area contributed by atoms with Crippen molar-refractivity contribution in [3.63, 3.8) is 0 Å². The molecule has 0 saturated heterocycles. The van der Waals surface area contributed by atoms with Crippen LogP contribution in [0.5, 0.6) is 0 Å². The highest BCUT2D eigenvalue weighted by molar-refractivity contribution is 14.1. The quantitative estimate of drug-likeness (QED) is 0.555. The highest BCUT2D eigenvalue weighted by atomic mass is 127. The molecule has 0 aliphatic heterocycles. The predicted octanol–water partition coefficient (Wildman–Crippen LogP) is 4.51. The van der Waals surface area contributed by atoms with Crippen molar-refractivity contribution in [1.82, 2.24) is 9.97 Å². The molecule has 0 bridgehead atoms. The van der Waals surface area contributed by atoms with Gasteiger partial charge in [-0.1, -0.05) is 25.5 Å². The van der Waals surface area contributed by atoms with Crippen molar-refractivity contribution in [2.24, 2.45) is 0 Å². The number of nitrogens with one attached hydrogen (secondary N) is 1. The van der Waals surface area contributed by atoms with E-state index in [1.165, 1.54) is 17.8 Å². The first-order valence-corrected chi connectivity index (χ1v) is 8.82. The molecule has 0 aliphatic rings. The number of hydrogen-bond acceptors (Lipinski definition) is 4. The van der Waals surface area contributed by atoms with Crippen molar-refractivity contribution < 1.29 is 4.39 Å². The van der Waals surface area contributed by atoms with Gasteiger partial charge in [0.1, 0.15) is 17.5 Å². The van der Waals surface area contributed by atoms with Gasteiger partial charge in [-0.25, -0.2) is 14.4 Å². The van der Waals surface area contributed by atoms with E-state index in [0.29, 0.717) is 10.6 Å². The lowest BCUT2D eigenvalue weighted by Gasteiger charge is -2.10. The molecular weight excluding hydrogens is 400 g/mol. The summed E-state index contributed by atoms with van der Waals surface area (Å²) in [6, 6.07) is 6.78. The number of aromatic nitrogens is 2. The van der Waals surface area contributed by atoms with Gasteiger partial charge in [0.15, 0.2) is 0 Å². The van der Waals surface area contributed by atoms with Gasteiger partial charge in [0.05, 0.1) is 15.0 Å².